The minimum atomic E-state index is -3.14. The van der Waals surface area contributed by atoms with Crippen molar-refractivity contribution < 1.29 is 27.1 Å². The molecule has 0 unspecified atom stereocenters. The van der Waals surface area contributed by atoms with E-state index in [2.05, 4.69) is 0 Å². The molecule has 1 atom stereocenters. The number of amides is 1. The van der Waals surface area contributed by atoms with Gasteiger partial charge in [-0.15, -0.1) is 0 Å². The maximum atomic E-state index is 13.4. The summed E-state index contributed by atoms with van der Waals surface area (Å²) >= 11 is 0. The fraction of sp³-hybridized carbons (Fsp3) is 0.381. The lowest BCUT2D eigenvalue weighted by Crippen LogP contribution is -2.42. The molecular formula is C21H23NO6S. The van der Waals surface area contributed by atoms with Crippen LogP contribution in [-0.4, -0.2) is 50.0 Å². The summed E-state index contributed by atoms with van der Waals surface area (Å²) in [6, 6.07) is 8.68. The van der Waals surface area contributed by atoms with Crippen LogP contribution in [0.5, 0.6) is 11.5 Å². The highest BCUT2D eigenvalue weighted by Gasteiger charge is 2.36. The van der Waals surface area contributed by atoms with E-state index in [-0.39, 0.29) is 36.6 Å². The normalized spacial score (nSPS) is 19.8. The van der Waals surface area contributed by atoms with Crippen LogP contribution < -0.4 is 9.47 Å². The SMILES string of the molecule is CCOc1cccc2c1OCC(C(=O)N(Cc1ccco1)[C@H]1CCS(=O)(=O)C1)=C2. The predicted octanol–water partition coefficient (Wildman–Crippen LogP) is 2.67. The number of benzene rings is 1. The van der Waals surface area contributed by atoms with Gasteiger partial charge in [-0.05, 0) is 37.6 Å². The topological polar surface area (TPSA) is 86.1 Å². The number of sulfone groups is 1. The first-order valence-corrected chi connectivity index (χ1v) is 11.4. The molecule has 4 rings (SSSR count). The molecule has 1 aromatic carbocycles. The molecule has 29 heavy (non-hydrogen) atoms. The van der Waals surface area contributed by atoms with Crippen molar-refractivity contribution in [1.29, 1.82) is 0 Å². The standard InChI is InChI=1S/C21H23NO6S/c1-2-26-19-7-3-5-15-11-16(13-28-20(15)19)21(23)22(12-18-6-4-9-27-18)17-8-10-29(24,25)14-17/h3-7,9,11,17H,2,8,10,12-14H2,1H3/t17-/m0/s1. The van der Waals surface area contributed by atoms with Gasteiger partial charge in [-0.1, -0.05) is 12.1 Å². The van der Waals surface area contributed by atoms with Gasteiger partial charge in [0.25, 0.3) is 5.91 Å². The highest BCUT2D eigenvalue weighted by molar-refractivity contribution is 7.91. The molecule has 0 spiro atoms. The largest absolute Gasteiger partial charge is 0.490 e. The van der Waals surface area contributed by atoms with Gasteiger partial charge in [-0.2, -0.15) is 0 Å². The minimum absolute atomic E-state index is 0.0291. The zero-order chi connectivity index (χ0) is 20.4. The van der Waals surface area contributed by atoms with Gasteiger partial charge in [0.05, 0.1) is 36.5 Å². The van der Waals surface area contributed by atoms with Gasteiger partial charge in [0.15, 0.2) is 21.3 Å². The van der Waals surface area contributed by atoms with Crippen molar-refractivity contribution in [3.05, 3.63) is 53.5 Å². The Morgan fingerprint density at radius 1 is 1.28 bits per heavy atom. The second-order valence-corrected chi connectivity index (χ2v) is 9.36. The number of hydrogen-bond donors (Lipinski definition) is 0. The quantitative estimate of drug-likeness (QED) is 0.718. The summed E-state index contributed by atoms with van der Waals surface area (Å²) in [7, 11) is -3.14. The third-order valence-corrected chi connectivity index (χ3v) is 6.85. The van der Waals surface area contributed by atoms with Crippen LogP contribution in [0, 0.1) is 0 Å². The van der Waals surface area contributed by atoms with E-state index >= 15 is 0 Å². The summed E-state index contributed by atoms with van der Waals surface area (Å²) in [6.07, 6.45) is 3.76. The number of para-hydroxylation sites is 1. The van der Waals surface area contributed by atoms with Crippen molar-refractivity contribution in [1.82, 2.24) is 4.90 Å². The molecule has 0 radical (unpaired) electrons. The molecular weight excluding hydrogens is 394 g/mol. The van der Waals surface area contributed by atoms with Gasteiger partial charge in [0.1, 0.15) is 12.4 Å². The lowest BCUT2D eigenvalue weighted by atomic mass is 10.0. The van der Waals surface area contributed by atoms with E-state index in [4.69, 9.17) is 13.9 Å². The Hall–Kier alpha value is -2.74. The van der Waals surface area contributed by atoms with E-state index in [9.17, 15) is 13.2 Å². The van der Waals surface area contributed by atoms with Crippen LogP contribution in [-0.2, 0) is 21.2 Å². The van der Waals surface area contributed by atoms with Crippen molar-refractivity contribution in [2.75, 3.05) is 24.7 Å². The van der Waals surface area contributed by atoms with Crippen molar-refractivity contribution >= 4 is 21.8 Å². The lowest BCUT2D eigenvalue weighted by Gasteiger charge is -2.30. The van der Waals surface area contributed by atoms with Crippen molar-refractivity contribution in [3.63, 3.8) is 0 Å². The number of furan rings is 1. The van der Waals surface area contributed by atoms with E-state index in [0.29, 0.717) is 35.9 Å². The van der Waals surface area contributed by atoms with E-state index in [0.717, 1.165) is 5.56 Å². The summed E-state index contributed by atoms with van der Waals surface area (Å²) in [6.45, 7) is 2.73. The van der Waals surface area contributed by atoms with Crippen LogP contribution in [0.1, 0.15) is 24.7 Å². The Balaban J connectivity index is 1.63. The average molecular weight is 417 g/mol. The average Bonchev–Trinajstić information content (AvgIpc) is 3.34. The second kappa shape index (κ2) is 7.94. The number of carbonyl (C=O) groups is 1. The summed E-state index contributed by atoms with van der Waals surface area (Å²) in [5, 5.41) is 0. The van der Waals surface area contributed by atoms with E-state index in [1.54, 1.807) is 23.1 Å². The maximum absolute atomic E-state index is 13.4. The Kier molecular flexibility index (Phi) is 5.36. The summed E-state index contributed by atoms with van der Waals surface area (Å²) in [5.74, 6) is 1.69. The Bertz CT molecular complexity index is 1030. The number of ether oxygens (including phenoxy) is 2. The molecule has 2 aromatic rings. The predicted molar refractivity (Wildman–Crippen MR) is 107 cm³/mol. The van der Waals surface area contributed by atoms with Crippen LogP contribution >= 0.6 is 0 Å². The molecule has 154 valence electrons. The molecule has 2 aliphatic heterocycles. The van der Waals surface area contributed by atoms with E-state index in [1.807, 2.05) is 25.1 Å². The monoisotopic (exact) mass is 417 g/mol. The van der Waals surface area contributed by atoms with Crippen LogP contribution in [0.25, 0.3) is 6.08 Å². The lowest BCUT2D eigenvalue weighted by molar-refractivity contribution is -0.130. The molecule has 1 saturated heterocycles. The molecule has 1 fully saturated rings. The smallest absolute Gasteiger partial charge is 0.253 e. The minimum Gasteiger partial charge on any atom is -0.490 e. The molecule has 0 saturated carbocycles. The maximum Gasteiger partial charge on any atom is 0.253 e. The van der Waals surface area contributed by atoms with Crippen molar-refractivity contribution in [2.24, 2.45) is 0 Å². The Labute approximate surface area is 169 Å². The van der Waals surface area contributed by atoms with Crippen molar-refractivity contribution in [2.45, 2.75) is 25.9 Å². The number of nitrogens with zero attached hydrogens (tertiary/aromatic N) is 1. The molecule has 0 N–H and O–H groups in total. The van der Waals surface area contributed by atoms with Gasteiger partial charge in [-0.3, -0.25) is 4.79 Å². The molecule has 2 aliphatic rings. The number of fused-ring (bicyclic) bond motifs is 1. The zero-order valence-electron chi connectivity index (χ0n) is 16.2. The highest BCUT2D eigenvalue weighted by atomic mass is 32.2. The number of carbonyl (C=O) groups excluding carboxylic acids is 1. The number of rotatable bonds is 6. The van der Waals surface area contributed by atoms with E-state index in [1.165, 1.54) is 6.26 Å². The zero-order valence-corrected chi connectivity index (χ0v) is 17.0. The van der Waals surface area contributed by atoms with Crippen molar-refractivity contribution in [3.8, 4) is 11.5 Å². The molecule has 3 heterocycles. The Morgan fingerprint density at radius 2 is 2.14 bits per heavy atom. The second-order valence-electron chi connectivity index (χ2n) is 7.14. The third kappa shape index (κ3) is 4.17. The molecule has 0 aliphatic carbocycles. The fourth-order valence-corrected chi connectivity index (χ4v) is 5.45. The van der Waals surface area contributed by atoms with Gasteiger partial charge < -0.3 is 18.8 Å². The fourth-order valence-electron chi connectivity index (χ4n) is 3.72. The molecule has 1 amide bonds. The Morgan fingerprint density at radius 3 is 2.83 bits per heavy atom. The van der Waals surface area contributed by atoms with Crippen LogP contribution in [0.4, 0.5) is 0 Å². The third-order valence-electron chi connectivity index (χ3n) is 5.10. The van der Waals surface area contributed by atoms with Gasteiger partial charge >= 0.3 is 0 Å². The van der Waals surface area contributed by atoms with Gasteiger partial charge in [0.2, 0.25) is 0 Å². The molecule has 8 heteroatoms. The summed E-state index contributed by atoms with van der Waals surface area (Å²) in [4.78, 5) is 14.9. The molecule has 1 aromatic heterocycles. The van der Waals surface area contributed by atoms with Crippen LogP contribution in [0.2, 0.25) is 0 Å². The molecule has 0 bridgehead atoms. The first kappa shape index (κ1) is 19.6. The number of hydrogen-bond acceptors (Lipinski definition) is 6. The first-order valence-electron chi connectivity index (χ1n) is 9.60. The van der Waals surface area contributed by atoms with Crippen LogP contribution in [0.3, 0.4) is 0 Å². The van der Waals surface area contributed by atoms with E-state index < -0.39 is 9.84 Å². The summed E-state index contributed by atoms with van der Waals surface area (Å²) in [5.41, 5.74) is 1.24. The highest BCUT2D eigenvalue weighted by Crippen LogP contribution is 2.36. The van der Waals surface area contributed by atoms with Crippen LogP contribution in [0.15, 0.2) is 46.6 Å². The van der Waals surface area contributed by atoms with Gasteiger partial charge in [-0.25, -0.2) is 8.42 Å². The van der Waals surface area contributed by atoms with Gasteiger partial charge in [0, 0.05) is 11.6 Å². The first-order chi connectivity index (χ1) is 14.0. The summed E-state index contributed by atoms with van der Waals surface area (Å²) < 4.78 is 40.8. The molecule has 7 nitrogen and oxygen atoms in total.